The first-order chi connectivity index (χ1) is 20.0. The molecule has 0 aliphatic carbocycles. The number of esters is 2. The van der Waals surface area contributed by atoms with Gasteiger partial charge in [0.25, 0.3) is 0 Å². The molecule has 10 heteroatoms. The van der Waals surface area contributed by atoms with Crippen molar-refractivity contribution in [2.75, 3.05) is 13.7 Å². The van der Waals surface area contributed by atoms with Gasteiger partial charge < -0.3 is 14.2 Å². The molecule has 0 fully saturated rings. The number of hydrogen-bond acceptors (Lipinski definition) is 6. The standard InChI is InChI=1S/C32H26F3O5S2/c1-31(2,21-13-15-22(16-14-21)41-32(33,34)35)40-29(36)19-39-30(37)20-12-17-25(38-3)28(18-20)42-26-10-6-4-8-23(26)24-9-5-7-11-27(24)42/h4-18H,19H2,1-3H3/q+1. The van der Waals surface area contributed by atoms with E-state index in [1.54, 1.807) is 39.2 Å². The summed E-state index contributed by atoms with van der Waals surface area (Å²) in [6.45, 7) is 2.57. The molecule has 5 nitrogen and oxygen atoms in total. The van der Waals surface area contributed by atoms with Gasteiger partial charge in [-0.05, 0) is 79.7 Å². The molecule has 42 heavy (non-hydrogen) atoms. The van der Waals surface area contributed by atoms with Crippen LogP contribution in [0.2, 0.25) is 0 Å². The fourth-order valence-electron chi connectivity index (χ4n) is 4.69. The van der Waals surface area contributed by atoms with E-state index in [2.05, 4.69) is 24.3 Å². The quantitative estimate of drug-likeness (QED) is 0.0992. The Hall–Kier alpha value is -4.02. The molecular formula is C32H26F3O5S2+. The minimum absolute atomic E-state index is 0.0198. The monoisotopic (exact) mass is 611 g/mol. The Morgan fingerprint density at radius 2 is 1.43 bits per heavy atom. The van der Waals surface area contributed by atoms with Gasteiger partial charge in [0.2, 0.25) is 4.90 Å². The highest BCUT2D eigenvalue weighted by Crippen LogP contribution is 2.51. The second kappa shape index (κ2) is 11.7. The second-order valence-corrected chi connectivity index (χ2v) is 12.9. The largest absolute Gasteiger partial charge is 0.491 e. The SMILES string of the molecule is COc1ccc(C(=O)OCC(=O)OC(C)(C)c2ccc(SC(F)(F)F)cc2)cc1-[s+]1c2ccccc2c2ccccc21. The summed E-state index contributed by atoms with van der Waals surface area (Å²) >= 11 is -0.225. The van der Waals surface area contributed by atoms with Gasteiger partial charge in [0, 0.05) is 32.2 Å². The molecule has 0 unspecified atom stereocenters. The van der Waals surface area contributed by atoms with Gasteiger partial charge >= 0.3 is 17.4 Å². The number of rotatable bonds is 8. The lowest BCUT2D eigenvalue weighted by Crippen LogP contribution is -2.28. The van der Waals surface area contributed by atoms with Crippen LogP contribution in [-0.4, -0.2) is 31.2 Å². The van der Waals surface area contributed by atoms with Crippen LogP contribution in [0.5, 0.6) is 5.75 Å². The van der Waals surface area contributed by atoms with Crippen molar-refractivity contribution in [3.05, 3.63) is 102 Å². The van der Waals surface area contributed by atoms with E-state index in [0.717, 1.165) is 25.1 Å². The third-order valence-electron chi connectivity index (χ3n) is 6.60. The van der Waals surface area contributed by atoms with Crippen molar-refractivity contribution in [1.82, 2.24) is 0 Å². The number of thioether (sulfide) groups is 1. The van der Waals surface area contributed by atoms with Crippen LogP contribution in [0.15, 0.2) is 95.9 Å². The van der Waals surface area contributed by atoms with Gasteiger partial charge in [0.15, 0.2) is 21.8 Å². The molecule has 0 N–H and O–H groups in total. The summed E-state index contributed by atoms with van der Waals surface area (Å²) in [6.07, 6.45) is 0. The van der Waals surface area contributed by atoms with Crippen LogP contribution in [0.4, 0.5) is 13.2 Å². The molecule has 0 atom stereocenters. The Kier molecular flexibility index (Phi) is 8.21. The van der Waals surface area contributed by atoms with Crippen molar-refractivity contribution in [2.24, 2.45) is 0 Å². The van der Waals surface area contributed by atoms with E-state index in [1.165, 1.54) is 24.3 Å². The van der Waals surface area contributed by atoms with Gasteiger partial charge in [0.1, 0.15) is 5.60 Å². The molecule has 5 rings (SSSR count). The van der Waals surface area contributed by atoms with E-state index in [0.29, 0.717) is 11.3 Å². The summed E-state index contributed by atoms with van der Waals surface area (Å²) < 4.78 is 56.6. The van der Waals surface area contributed by atoms with Gasteiger partial charge in [-0.2, -0.15) is 13.2 Å². The van der Waals surface area contributed by atoms with Crippen LogP contribution in [0.3, 0.4) is 0 Å². The van der Waals surface area contributed by atoms with Crippen molar-refractivity contribution >= 4 is 54.3 Å². The van der Waals surface area contributed by atoms with Crippen LogP contribution >= 0.6 is 22.2 Å². The molecule has 1 aromatic heterocycles. The number of methoxy groups -OCH3 is 1. The number of ether oxygens (including phenoxy) is 3. The maximum atomic E-state index is 13.0. The lowest BCUT2D eigenvalue weighted by Gasteiger charge is -2.25. The van der Waals surface area contributed by atoms with E-state index in [4.69, 9.17) is 14.2 Å². The van der Waals surface area contributed by atoms with Gasteiger partial charge in [-0.15, -0.1) is 0 Å². The maximum Gasteiger partial charge on any atom is 0.446 e. The van der Waals surface area contributed by atoms with Gasteiger partial charge in [-0.1, -0.05) is 36.4 Å². The summed E-state index contributed by atoms with van der Waals surface area (Å²) in [5.41, 5.74) is -4.82. The highest BCUT2D eigenvalue weighted by molar-refractivity contribution is 8.00. The Morgan fingerprint density at radius 3 is 2.00 bits per heavy atom. The third-order valence-corrected chi connectivity index (χ3v) is 9.69. The predicted molar refractivity (Wildman–Crippen MR) is 160 cm³/mol. The van der Waals surface area contributed by atoms with E-state index < -0.39 is 40.1 Å². The number of alkyl halides is 3. The van der Waals surface area contributed by atoms with E-state index in [-0.39, 0.29) is 22.2 Å². The van der Waals surface area contributed by atoms with Crippen LogP contribution in [0, 0.1) is 0 Å². The summed E-state index contributed by atoms with van der Waals surface area (Å²) in [5, 5.41) is 2.26. The van der Waals surface area contributed by atoms with Crippen LogP contribution in [-0.2, 0) is 19.9 Å². The molecule has 0 radical (unpaired) electrons. The van der Waals surface area contributed by atoms with Gasteiger partial charge in [-0.25, -0.2) is 9.59 Å². The number of thiophene rings is 1. The normalized spacial score (nSPS) is 12.0. The van der Waals surface area contributed by atoms with E-state index >= 15 is 0 Å². The first kappa shape index (κ1) is 29.5. The Labute approximate surface area is 247 Å². The van der Waals surface area contributed by atoms with Crippen molar-refractivity contribution in [3.63, 3.8) is 0 Å². The molecular weight excluding hydrogens is 585 g/mol. The Balaban J connectivity index is 1.32. The molecule has 0 spiro atoms. The van der Waals surface area contributed by atoms with Crippen molar-refractivity contribution in [3.8, 4) is 10.6 Å². The zero-order valence-electron chi connectivity index (χ0n) is 22.9. The smallest absolute Gasteiger partial charge is 0.446 e. The summed E-state index contributed by atoms with van der Waals surface area (Å²) in [7, 11) is 1.06. The lowest BCUT2D eigenvalue weighted by molar-refractivity contribution is -0.161. The van der Waals surface area contributed by atoms with Gasteiger partial charge in [-0.3, -0.25) is 0 Å². The Morgan fingerprint density at radius 1 is 0.833 bits per heavy atom. The van der Waals surface area contributed by atoms with Crippen LogP contribution in [0.25, 0.3) is 25.1 Å². The zero-order valence-corrected chi connectivity index (χ0v) is 24.5. The molecule has 5 aromatic rings. The number of halogens is 3. The molecule has 0 amide bonds. The molecule has 1 heterocycles. The van der Waals surface area contributed by atoms with Gasteiger partial charge in [0.05, 0.1) is 12.7 Å². The average Bonchev–Trinajstić information content (AvgIpc) is 3.29. The fraction of sp³-hybridized carbons (Fsp3) is 0.188. The van der Waals surface area contributed by atoms with E-state index in [9.17, 15) is 22.8 Å². The minimum atomic E-state index is -4.40. The molecule has 216 valence electrons. The molecule has 0 saturated carbocycles. The predicted octanol–water partition coefficient (Wildman–Crippen LogP) is 8.99. The van der Waals surface area contributed by atoms with Crippen LogP contribution in [0.1, 0.15) is 29.8 Å². The van der Waals surface area contributed by atoms with Crippen molar-refractivity contribution in [2.45, 2.75) is 29.9 Å². The molecule has 0 aliphatic rings. The summed E-state index contributed by atoms with van der Waals surface area (Å²) in [5.74, 6) is -0.870. The minimum Gasteiger partial charge on any atom is -0.491 e. The van der Waals surface area contributed by atoms with Crippen molar-refractivity contribution < 1.29 is 37.0 Å². The summed E-state index contributed by atoms with van der Waals surface area (Å²) in [6, 6.07) is 26.8. The van der Waals surface area contributed by atoms with Crippen molar-refractivity contribution in [1.29, 1.82) is 0 Å². The third kappa shape index (κ3) is 6.24. The first-order valence-corrected chi connectivity index (χ1v) is 14.9. The highest BCUT2D eigenvalue weighted by atomic mass is 32.2. The number of carbonyl (C=O) groups excluding carboxylic acids is 2. The lowest BCUT2D eigenvalue weighted by atomic mass is 9.98. The number of benzene rings is 4. The van der Waals surface area contributed by atoms with Crippen LogP contribution < -0.4 is 4.74 Å². The summed E-state index contributed by atoms with van der Waals surface area (Å²) in [4.78, 5) is 26.5. The zero-order chi connectivity index (χ0) is 30.1. The molecule has 4 aromatic carbocycles. The molecule has 0 bridgehead atoms. The second-order valence-electron chi connectivity index (χ2n) is 9.80. The number of fused-ring (bicyclic) bond motifs is 3. The highest BCUT2D eigenvalue weighted by Gasteiger charge is 2.31. The Bertz CT molecular complexity index is 1720. The molecule has 0 saturated heterocycles. The average molecular weight is 612 g/mol. The molecule has 0 aliphatic heterocycles. The first-order valence-electron chi connectivity index (χ1n) is 12.8. The topological polar surface area (TPSA) is 61.8 Å². The maximum absolute atomic E-state index is 13.0. The number of carbonyl (C=O) groups is 2. The number of hydrogen-bond donors (Lipinski definition) is 0. The fourth-order valence-corrected chi connectivity index (χ4v) is 7.76. The van der Waals surface area contributed by atoms with E-state index in [1.807, 2.05) is 24.3 Å².